The van der Waals surface area contributed by atoms with Crippen LogP contribution in [0.3, 0.4) is 0 Å². The molecular weight excluding hydrogens is 508 g/mol. The minimum Gasteiger partial charge on any atom is -0.467 e. The van der Waals surface area contributed by atoms with E-state index in [4.69, 9.17) is 24.1 Å². The Balaban J connectivity index is 0.000000391. The Kier molecular flexibility index (Phi) is 12.3. The molecule has 0 bridgehead atoms. The molecule has 224 valence electrons. The lowest BCUT2D eigenvalue weighted by Gasteiger charge is -2.32. The first-order chi connectivity index (χ1) is 17.9. The van der Waals surface area contributed by atoms with Gasteiger partial charge in [-0.25, -0.2) is 19.2 Å². The molecule has 2 amide bonds. The average Bonchev–Trinajstić information content (AvgIpc) is 3.33. The minimum absolute atomic E-state index is 0.0395. The van der Waals surface area contributed by atoms with E-state index in [1.54, 1.807) is 47.6 Å². The third-order valence-corrected chi connectivity index (χ3v) is 6.60. The third-order valence-electron chi connectivity index (χ3n) is 6.60. The maximum Gasteiger partial charge on any atom is 0.411 e. The molecule has 2 aliphatic rings. The van der Waals surface area contributed by atoms with Gasteiger partial charge in [0.05, 0.1) is 20.3 Å². The van der Waals surface area contributed by atoms with Gasteiger partial charge in [-0.05, 0) is 72.6 Å². The van der Waals surface area contributed by atoms with Crippen LogP contribution >= 0.6 is 0 Å². The fourth-order valence-electron chi connectivity index (χ4n) is 4.95. The van der Waals surface area contributed by atoms with Gasteiger partial charge in [0, 0.05) is 12.6 Å². The van der Waals surface area contributed by atoms with Crippen LogP contribution in [0.1, 0.15) is 74.7 Å². The van der Waals surface area contributed by atoms with Gasteiger partial charge in [-0.3, -0.25) is 9.80 Å². The van der Waals surface area contributed by atoms with E-state index < -0.39 is 47.4 Å². The average molecular weight is 557 g/mol. The van der Waals surface area contributed by atoms with E-state index in [9.17, 15) is 19.2 Å². The molecule has 2 fully saturated rings. The number of aliphatic hydroxyl groups is 1. The summed E-state index contributed by atoms with van der Waals surface area (Å²) in [5.41, 5.74) is -1.23. The second-order valence-electron chi connectivity index (χ2n) is 12.1. The predicted octanol–water partition coefficient (Wildman–Crippen LogP) is 3.92. The third kappa shape index (κ3) is 9.40. The summed E-state index contributed by atoms with van der Waals surface area (Å²) < 4.78 is 20.3. The van der Waals surface area contributed by atoms with Crippen molar-refractivity contribution in [3.63, 3.8) is 0 Å². The largest absolute Gasteiger partial charge is 0.467 e. The number of carbonyl (C=O) groups is 4. The lowest BCUT2D eigenvalue weighted by molar-refractivity contribution is -0.146. The van der Waals surface area contributed by atoms with E-state index in [1.807, 2.05) is 13.8 Å². The van der Waals surface area contributed by atoms with E-state index >= 15 is 0 Å². The van der Waals surface area contributed by atoms with E-state index in [0.29, 0.717) is 19.3 Å². The number of rotatable bonds is 5. The number of carbonyl (C=O) groups excluding carboxylic acids is 4. The minimum atomic E-state index is -0.638. The summed E-state index contributed by atoms with van der Waals surface area (Å²) in [5, 5.41) is 9.16. The summed E-state index contributed by atoms with van der Waals surface area (Å²) in [4.78, 5) is 51.1. The molecule has 39 heavy (non-hydrogen) atoms. The van der Waals surface area contributed by atoms with Crippen molar-refractivity contribution in [2.45, 2.75) is 110 Å². The normalized spacial score (nSPS) is 26.7. The Morgan fingerprint density at radius 1 is 0.821 bits per heavy atom. The van der Waals surface area contributed by atoms with Crippen LogP contribution in [0.4, 0.5) is 9.59 Å². The summed E-state index contributed by atoms with van der Waals surface area (Å²) in [6.07, 6.45) is 2.15. The van der Waals surface area contributed by atoms with Gasteiger partial charge in [0.1, 0.15) is 23.3 Å². The van der Waals surface area contributed by atoms with Crippen LogP contribution in [-0.2, 0) is 28.5 Å². The van der Waals surface area contributed by atoms with Gasteiger partial charge in [-0.1, -0.05) is 19.9 Å². The molecule has 2 saturated heterocycles. The molecule has 2 rings (SSSR count). The Morgan fingerprint density at radius 2 is 1.23 bits per heavy atom. The Bertz CT molecular complexity index is 877. The highest BCUT2D eigenvalue weighted by Gasteiger charge is 2.47. The number of amides is 2. The van der Waals surface area contributed by atoms with Gasteiger partial charge < -0.3 is 24.1 Å². The van der Waals surface area contributed by atoms with Gasteiger partial charge in [0.15, 0.2) is 0 Å². The smallest absolute Gasteiger partial charge is 0.411 e. The summed E-state index contributed by atoms with van der Waals surface area (Å²) in [5.74, 6) is -0.599. The van der Waals surface area contributed by atoms with E-state index in [2.05, 4.69) is 6.58 Å². The second kappa shape index (κ2) is 14.0. The van der Waals surface area contributed by atoms with E-state index in [0.717, 1.165) is 0 Å². The predicted molar refractivity (Wildman–Crippen MR) is 145 cm³/mol. The maximum absolute atomic E-state index is 12.3. The van der Waals surface area contributed by atoms with Crippen LogP contribution in [0.5, 0.6) is 0 Å². The molecule has 11 nitrogen and oxygen atoms in total. The van der Waals surface area contributed by atoms with Crippen molar-refractivity contribution in [1.29, 1.82) is 0 Å². The highest BCUT2D eigenvalue weighted by atomic mass is 16.6. The molecule has 0 spiro atoms. The lowest BCUT2D eigenvalue weighted by atomic mass is 9.99. The van der Waals surface area contributed by atoms with Crippen LogP contribution in [0.2, 0.25) is 0 Å². The highest BCUT2D eigenvalue weighted by Crippen LogP contribution is 2.34. The molecular formula is C28H48N2O9. The molecule has 0 aromatic carbocycles. The van der Waals surface area contributed by atoms with Gasteiger partial charge in [-0.2, -0.15) is 0 Å². The number of likely N-dealkylation sites (tertiary alicyclic amines) is 2. The SMILES string of the molecule is C=C[C@@H]1[C@H](C)C[C@@H](C(=O)OC)N1C(=O)OC(C)(C)C.COC(=O)[C@@H]1C[C@@H](C)[C@@H](CCO)N1C(=O)OC(C)(C)C. The first kappa shape index (κ1) is 34.2. The number of hydrogen-bond acceptors (Lipinski definition) is 9. The number of ether oxygens (including phenoxy) is 4. The van der Waals surface area contributed by atoms with Crippen LogP contribution in [0.15, 0.2) is 12.7 Å². The molecule has 11 heteroatoms. The fraction of sp³-hybridized carbons (Fsp3) is 0.786. The summed E-state index contributed by atoms with van der Waals surface area (Å²) >= 11 is 0. The van der Waals surface area contributed by atoms with Crippen molar-refractivity contribution in [3.8, 4) is 0 Å². The lowest BCUT2D eigenvalue weighted by Crippen LogP contribution is -2.48. The molecule has 2 heterocycles. The molecule has 0 aromatic heterocycles. The topological polar surface area (TPSA) is 132 Å². The van der Waals surface area contributed by atoms with E-state index in [-0.39, 0.29) is 30.5 Å². The molecule has 0 unspecified atom stereocenters. The fourth-order valence-corrected chi connectivity index (χ4v) is 4.95. The zero-order chi connectivity index (χ0) is 30.3. The number of nitrogens with zero attached hydrogens (tertiary/aromatic N) is 2. The Labute approximate surface area is 232 Å². The molecule has 1 N–H and O–H groups in total. The molecule has 2 aliphatic heterocycles. The number of aliphatic hydroxyl groups excluding tert-OH is 1. The quantitative estimate of drug-likeness (QED) is 0.304. The van der Waals surface area contributed by atoms with Crippen molar-refractivity contribution >= 4 is 24.1 Å². The van der Waals surface area contributed by atoms with Gasteiger partial charge in [-0.15, -0.1) is 6.58 Å². The van der Waals surface area contributed by atoms with Crippen molar-refractivity contribution in [2.24, 2.45) is 11.8 Å². The van der Waals surface area contributed by atoms with Crippen molar-refractivity contribution in [1.82, 2.24) is 9.80 Å². The number of esters is 2. The van der Waals surface area contributed by atoms with Crippen molar-refractivity contribution < 1.29 is 43.2 Å². The second-order valence-corrected chi connectivity index (χ2v) is 12.1. The van der Waals surface area contributed by atoms with E-state index in [1.165, 1.54) is 24.0 Å². The van der Waals surface area contributed by atoms with Crippen LogP contribution in [0.25, 0.3) is 0 Å². The van der Waals surface area contributed by atoms with Gasteiger partial charge in [0.2, 0.25) is 0 Å². The van der Waals surface area contributed by atoms with Crippen LogP contribution < -0.4 is 0 Å². The monoisotopic (exact) mass is 556 g/mol. The first-order valence-corrected chi connectivity index (χ1v) is 13.3. The highest BCUT2D eigenvalue weighted by molar-refractivity contribution is 5.83. The Morgan fingerprint density at radius 3 is 1.62 bits per heavy atom. The molecule has 0 aliphatic carbocycles. The molecule has 0 radical (unpaired) electrons. The Hall–Kier alpha value is -2.82. The molecule has 0 saturated carbocycles. The molecule has 0 aromatic rings. The molecule has 6 atom stereocenters. The summed E-state index contributed by atoms with van der Waals surface area (Å²) in [7, 11) is 2.63. The summed E-state index contributed by atoms with van der Waals surface area (Å²) in [6.45, 7) is 18.3. The maximum atomic E-state index is 12.3. The summed E-state index contributed by atoms with van der Waals surface area (Å²) in [6, 6.07) is -1.66. The first-order valence-electron chi connectivity index (χ1n) is 13.3. The van der Waals surface area contributed by atoms with Crippen LogP contribution in [0, 0.1) is 11.8 Å². The standard InChI is InChI=1S/C14H25NO5.C14H23NO4/c1-9-8-11(12(17)19-5)15(10(9)6-7-16)13(18)20-14(2,3)4;1-7-10-9(2)8-11(12(16)18-6)15(10)13(17)19-14(3,4)5/h9-11,16H,6-8H2,1-5H3;7,9-11H,1,8H2,2-6H3/t2*9-,10-,11+/m11/s1. The zero-order valence-corrected chi connectivity index (χ0v) is 25.2. The van der Waals surface area contributed by atoms with Gasteiger partial charge in [0.25, 0.3) is 0 Å². The zero-order valence-electron chi connectivity index (χ0n) is 25.2. The van der Waals surface area contributed by atoms with Crippen LogP contribution in [-0.4, -0.2) is 95.2 Å². The number of hydrogen-bond donors (Lipinski definition) is 1. The van der Waals surface area contributed by atoms with Crippen molar-refractivity contribution in [3.05, 3.63) is 12.7 Å². The van der Waals surface area contributed by atoms with Gasteiger partial charge >= 0.3 is 24.1 Å². The van der Waals surface area contributed by atoms with Crippen molar-refractivity contribution in [2.75, 3.05) is 20.8 Å². The number of methoxy groups -OCH3 is 2.